The first-order chi connectivity index (χ1) is 11.2. The second-order valence-corrected chi connectivity index (χ2v) is 5.98. The SMILES string of the molecule is CCC1CN(CCOc2ccc(C)cc2)c2ccc(N)cc2O1. The third-order valence-corrected chi connectivity index (χ3v) is 4.15. The standard InChI is InChI=1S/C19H24N2O2/c1-3-16-13-21(18-9-6-15(20)12-19(18)23-16)10-11-22-17-7-4-14(2)5-8-17/h4-9,12,16H,3,10-11,13,20H2,1-2H3. The second-order valence-electron chi connectivity index (χ2n) is 5.98. The Balaban J connectivity index is 1.66. The van der Waals surface area contributed by atoms with Gasteiger partial charge in [-0.1, -0.05) is 24.6 Å². The van der Waals surface area contributed by atoms with Gasteiger partial charge in [0.2, 0.25) is 0 Å². The van der Waals surface area contributed by atoms with Crippen LogP contribution >= 0.6 is 0 Å². The molecule has 1 aliphatic heterocycles. The van der Waals surface area contributed by atoms with Gasteiger partial charge >= 0.3 is 0 Å². The zero-order valence-electron chi connectivity index (χ0n) is 13.8. The normalized spacial score (nSPS) is 16.6. The fourth-order valence-corrected chi connectivity index (χ4v) is 2.78. The van der Waals surface area contributed by atoms with Crippen molar-refractivity contribution in [2.24, 2.45) is 0 Å². The smallest absolute Gasteiger partial charge is 0.145 e. The van der Waals surface area contributed by atoms with Gasteiger partial charge in [-0.05, 0) is 37.6 Å². The fourth-order valence-electron chi connectivity index (χ4n) is 2.78. The lowest BCUT2D eigenvalue weighted by atomic mass is 10.1. The molecule has 2 N–H and O–H groups in total. The van der Waals surface area contributed by atoms with Crippen molar-refractivity contribution in [3.63, 3.8) is 0 Å². The molecule has 2 aromatic carbocycles. The summed E-state index contributed by atoms with van der Waals surface area (Å²) >= 11 is 0. The van der Waals surface area contributed by atoms with E-state index in [4.69, 9.17) is 15.2 Å². The van der Waals surface area contributed by atoms with Crippen molar-refractivity contribution in [3.05, 3.63) is 48.0 Å². The Kier molecular flexibility index (Phi) is 4.60. The molecule has 0 aromatic heterocycles. The number of hydrogen-bond donors (Lipinski definition) is 1. The second kappa shape index (κ2) is 6.82. The minimum atomic E-state index is 0.198. The van der Waals surface area contributed by atoms with Crippen LogP contribution in [0.1, 0.15) is 18.9 Å². The number of anilines is 2. The molecular weight excluding hydrogens is 288 g/mol. The predicted molar refractivity (Wildman–Crippen MR) is 94.4 cm³/mol. The van der Waals surface area contributed by atoms with E-state index in [0.29, 0.717) is 6.61 Å². The molecule has 1 heterocycles. The van der Waals surface area contributed by atoms with Crippen molar-refractivity contribution in [2.45, 2.75) is 26.4 Å². The average molecular weight is 312 g/mol. The molecule has 4 nitrogen and oxygen atoms in total. The number of benzene rings is 2. The third-order valence-electron chi connectivity index (χ3n) is 4.15. The van der Waals surface area contributed by atoms with Gasteiger partial charge in [0.05, 0.1) is 18.8 Å². The molecule has 0 spiro atoms. The molecule has 4 heteroatoms. The summed E-state index contributed by atoms with van der Waals surface area (Å²) < 4.78 is 11.9. The van der Waals surface area contributed by atoms with Crippen LogP contribution in [0.4, 0.5) is 11.4 Å². The van der Waals surface area contributed by atoms with Crippen molar-refractivity contribution >= 4 is 11.4 Å². The Hall–Kier alpha value is -2.36. The van der Waals surface area contributed by atoms with Crippen LogP contribution in [0.3, 0.4) is 0 Å². The summed E-state index contributed by atoms with van der Waals surface area (Å²) in [5, 5.41) is 0. The van der Waals surface area contributed by atoms with E-state index in [1.165, 1.54) is 5.56 Å². The zero-order chi connectivity index (χ0) is 16.2. The van der Waals surface area contributed by atoms with E-state index in [2.05, 4.69) is 30.9 Å². The van der Waals surface area contributed by atoms with Gasteiger partial charge in [0.25, 0.3) is 0 Å². The van der Waals surface area contributed by atoms with E-state index >= 15 is 0 Å². The van der Waals surface area contributed by atoms with Crippen LogP contribution < -0.4 is 20.1 Å². The highest BCUT2D eigenvalue weighted by molar-refractivity contribution is 5.65. The van der Waals surface area contributed by atoms with Crippen molar-refractivity contribution in [2.75, 3.05) is 30.3 Å². The van der Waals surface area contributed by atoms with Gasteiger partial charge in [-0.25, -0.2) is 0 Å². The number of ether oxygens (including phenoxy) is 2. The van der Waals surface area contributed by atoms with Gasteiger partial charge in [0.1, 0.15) is 24.2 Å². The first-order valence-corrected chi connectivity index (χ1v) is 8.16. The van der Waals surface area contributed by atoms with Gasteiger partial charge in [-0.3, -0.25) is 0 Å². The Morgan fingerprint density at radius 2 is 2.00 bits per heavy atom. The quantitative estimate of drug-likeness (QED) is 0.856. The summed E-state index contributed by atoms with van der Waals surface area (Å²) in [6, 6.07) is 14.0. The maximum Gasteiger partial charge on any atom is 0.145 e. The number of hydrogen-bond acceptors (Lipinski definition) is 4. The highest BCUT2D eigenvalue weighted by Crippen LogP contribution is 2.35. The van der Waals surface area contributed by atoms with Crippen molar-refractivity contribution in [1.82, 2.24) is 0 Å². The minimum absolute atomic E-state index is 0.198. The van der Waals surface area contributed by atoms with Crippen LogP contribution in [0, 0.1) is 6.92 Å². The third kappa shape index (κ3) is 3.70. The topological polar surface area (TPSA) is 47.7 Å². The molecule has 122 valence electrons. The molecule has 0 saturated heterocycles. The molecule has 0 bridgehead atoms. The average Bonchev–Trinajstić information content (AvgIpc) is 2.56. The first kappa shape index (κ1) is 15.5. The molecule has 0 fully saturated rings. The summed E-state index contributed by atoms with van der Waals surface area (Å²) in [4.78, 5) is 2.32. The van der Waals surface area contributed by atoms with Crippen LogP contribution in [0.15, 0.2) is 42.5 Å². The summed E-state index contributed by atoms with van der Waals surface area (Å²) in [5.41, 5.74) is 8.94. The summed E-state index contributed by atoms with van der Waals surface area (Å²) in [7, 11) is 0. The molecule has 0 radical (unpaired) electrons. The number of nitrogens with zero attached hydrogens (tertiary/aromatic N) is 1. The molecule has 3 rings (SSSR count). The maximum absolute atomic E-state index is 6.01. The molecule has 0 saturated carbocycles. The van der Waals surface area contributed by atoms with Crippen LogP contribution in [0.2, 0.25) is 0 Å². The van der Waals surface area contributed by atoms with E-state index < -0.39 is 0 Å². The van der Waals surface area contributed by atoms with Gasteiger partial charge in [-0.15, -0.1) is 0 Å². The Labute approximate surface area is 137 Å². The number of nitrogens with two attached hydrogens (primary N) is 1. The Morgan fingerprint density at radius 3 is 2.74 bits per heavy atom. The molecule has 23 heavy (non-hydrogen) atoms. The van der Waals surface area contributed by atoms with Gasteiger partial charge in [-0.2, -0.15) is 0 Å². The van der Waals surface area contributed by atoms with Gasteiger partial charge in [0.15, 0.2) is 0 Å². The summed E-state index contributed by atoms with van der Waals surface area (Å²) in [6.45, 7) is 6.56. The van der Waals surface area contributed by atoms with Crippen LogP contribution in [0.25, 0.3) is 0 Å². The lowest BCUT2D eigenvalue weighted by Gasteiger charge is -2.36. The number of rotatable bonds is 5. The van der Waals surface area contributed by atoms with Gasteiger partial charge in [0, 0.05) is 11.8 Å². The van der Waals surface area contributed by atoms with Gasteiger partial charge < -0.3 is 20.1 Å². The summed E-state index contributed by atoms with van der Waals surface area (Å²) in [5.74, 6) is 1.78. The predicted octanol–water partition coefficient (Wildman–Crippen LogP) is 3.63. The number of aryl methyl sites for hydroxylation is 1. The maximum atomic E-state index is 6.01. The highest BCUT2D eigenvalue weighted by Gasteiger charge is 2.24. The molecule has 1 atom stereocenters. The highest BCUT2D eigenvalue weighted by atomic mass is 16.5. The van der Waals surface area contributed by atoms with Crippen molar-refractivity contribution in [3.8, 4) is 11.5 Å². The van der Waals surface area contributed by atoms with E-state index in [9.17, 15) is 0 Å². The lowest BCUT2D eigenvalue weighted by Crippen LogP contribution is -2.41. The molecular formula is C19H24N2O2. The minimum Gasteiger partial charge on any atom is -0.492 e. The molecule has 1 aliphatic rings. The van der Waals surface area contributed by atoms with Crippen molar-refractivity contribution < 1.29 is 9.47 Å². The Bertz CT molecular complexity index is 655. The Morgan fingerprint density at radius 1 is 1.22 bits per heavy atom. The van der Waals surface area contributed by atoms with E-state index in [-0.39, 0.29) is 6.10 Å². The lowest BCUT2D eigenvalue weighted by molar-refractivity contribution is 0.186. The first-order valence-electron chi connectivity index (χ1n) is 8.16. The molecule has 1 unspecified atom stereocenters. The van der Waals surface area contributed by atoms with Crippen molar-refractivity contribution in [1.29, 1.82) is 0 Å². The monoisotopic (exact) mass is 312 g/mol. The zero-order valence-corrected chi connectivity index (χ0v) is 13.8. The number of fused-ring (bicyclic) bond motifs is 1. The van der Waals surface area contributed by atoms with E-state index in [1.54, 1.807) is 0 Å². The van der Waals surface area contributed by atoms with Crippen LogP contribution in [-0.4, -0.2) is 25.8 Å². The van der Waals surface area contributed by atoms with E-state index in [1.807, 2.05) is 30.3 Å². The van der Waals surface area contributed by atoms with Crippen LogP contribution in [0.5, 0.6) is 11.5 Å². The summed E-state index contributed by atoms with van der Waals surface area (Å²) in [6.07, 6.45) is 1.17. The largest absolute Gasteiger partial charge is 0.492 e. The number of nitrogen functional groups attached to an aromatic ring is 1. The fraction of sp³-hybridized carbons (Fsp3) is 0.368. The van der Waals surface area contributed by atoms with E-state index in [0.717, 1.165) is 42.4 Å². The molecule has 0 aliphatic carbocycles. The molecule has 0 amide bonds. The molecule has 2 aromatic rings. The van der Waals surface area contributed by atoms with Crippen LogP contribution in [-0.2, 0) is 0 Å².